The predicted octanol–water partition coefficient (Wildman–Crippen LogP) is 3.85. The molecular formula is C14H20BrNO2. The lowest BCUT2D eigenvalue weighted by molar-refractivity contribution is 0.173. The minimum absolute atomic E-state index is 0.321. The van der Waals surface area contributed by atoms with Crippen LogP contribution in [0.4, 0.5) is 0 Å². The summed E-state index contributed by atoms with van der Waals surface area (Å²) in [6, 6.07) is 4.14. The van der Waals surface area contributed by atoms with E-state index in [2.05, 4.69) is 34.2 Å². The average Bonchev–Trinajstić information content (AvgIpc) is 2.82. The van der Waals surface area contributed by atoms with Crippen LogP contribution in [0.15, 0.2) is 16.6 Å². The van der Waals surface area contributed by atoms with E-state index in [9.17, 15) is 0 Å². The molecule has 1 aromatic carbocycles. The zero-order valence-corrected chi connectivity index (χ0v) is 12.4. The molecule has 1 aliphatic heterocycles. The third kappa shape index (κ3) is 3.62. The number of hydrogen-bond donors (Lipinski definition) is 1. The molecule has 0 spiro atoms. The fourth-order valence-corrected chi connectivity index (χ4v) is 2.64. The molecule has 0 amide bonds. The third-order valence-electron chi connectivity index (χ3n) is 3.02. The summed E-state index contributed by atoms with van der Waals surface area (Å²) in [4.78, 5) is 0. The smallest absolute Gasteiger partial charge is 0.231 e. The van der Waals surface area contributed by atoms with Crippen molar-refractivity contribution in [2.45, 2.75) is 39.2 Å². The molecule has 0 radical (unpaired) electrons. The van der Waals surface area contributed by atoms with Gasteiger partial charge < -0.3 is 14.8 Å². The summed E-state index contributed by atoms with van der Waals surface area (Å²) in [6.45, 7) is 4.51. The second-order valence-corrected chi connectivity index (χ2v) is 5.40. The Kier molecular flexibility index (Phi) is 5.32. The molecule has 0 saturated heterocycles. The van der Waals surface area contributed by atoms with Crippen molar-refractivity contribution in [3.8, 4) is 11.5 Å². The first-order valence-corrected chi connectivity index (χ1v) is 7.39. The zero-order chi connectivity index (χ0) is 12.8. The number of hydrogen-bond acceptors (Lipinski definition) is 3. The van der Waals surface area contributed by atoms with E-state index >= 15 is 0 Å². The standard InChI is InChI=1S/C14H20BrNO2/c1-2-3-4-5-6-16-9-11-7-12(15)14-13(8-11)17-10-18-14/h7-8,16H,2-6,9-10H2,1H3. The number of benzene rings is 1. The highest BCUT2D eigenvalue weighted by Gasteiger charge is 2.17. The van der Waals surface area contributed by atoms with E-state index in [4.69, 9.17) is 9.47 Å². The maximum absolute atomic E-state index is 5.40. The Morgan fingerprint density at radius 3 is 2.94 bits per heavy atom. The van der Waals surface area contributed by atoms with E-state index in [-0.39, 0.29) is 0 Å². The Bertz CT molecular complexity index is 396. The van der Waals surface area contributed by atoms with Crippen molar-refractivity contribution in [2.24, 2.45) is 0 Å². The molecule has 0 fully saturated rings. The normalized spacial score (nSPS) is 13.0. The molecule has 0 aliphatic carbocycles. The van der Waals surface area contributed by atoms with Gasteiger partial charge in [-0.2, -0.15) is 0 Å². The first-order valence-electron chi connectivity index (χ1n) is 6.60. The van der Waals surface area contributed by atoms with Crippen LogP contribution in [0.25, 0.3) is 0 Å². The Balaban J connectivity index is 1.78. The van der Waals surface area contributed by atoms with Gasteiger partial charge in [0.25, 0.3) is 0 Å². The maximum Gasteiger partial charge on any atom is 0.231 e. The predicted molar refractivity (Wildman–Crippen MR) is 76.1 cm³/mol. The van der Waals surface area contributed by atoms with E-state index in [1.54, 1.807) is 0 Å². The molecule has 1 aromatic rings. The van der Waals surface area contributed by atoms with Crippen LogP contribution in [-0.4, -0.2) is 13.3 Å². The summed E-state index contributed by atoms with van der Waals surface area (Å²) < 4.78 is 11.7. The second kappa shape index (κ2) is 7.00. The summed E-state index contributed by atoms with van der Waals surface area (Å²) in [6.07, 6.45) is 5.18. The van der Waals surface area contributed by atoms with Crippen molar-refractivity contribution in [1.29, 1.82) is 0 Å². The minimum atomic E-state index is 0.321. The van der Waals surface area contributed by atoms with Gasteiger partial charge in [-0.15, -0.1) is 0 Å². The summed E-state index contributed by atoms with van der Waals surface area (Å²) in [7, 11) is 0. The van der Waals surface area contributed by atoms with E-state index in [0.29, 0.717) is 6.79 Å². The first kappa shape index (κ1) is 13.7. The molecule has 3 nitrogen and oxygen atoms in total. The first-order chi connectivity index (χ1) is 8.81. The van der Waals surface area contributed by atoms with Gasteiger partial charge in [-0.1, -0.05) is 26.2 Å². The molecule has 100 valence electrons. The van der Waals surface area contributed by atoms with Gasteiger partial charge in [-0.05, 0) is 46.6 Å². The topological polar surface area (TPSA) is 30.5 Å². The van der Waals surface area contributed by atoms with Crippen LogP contribution < -0.4 is 14.8 Å². The zero-order valence-electron chi connectivity index (χ0n) is 10.8. The highest BCUT2D eigenvalue weighted by molar-refractivity contribution is 9.10. The van der Waals surface area contributed by atoms with Gasteiger partial charge in [0.2, 0.25) is 6.79 Å². The van der Waals surface area contributed by atoms with Crippen LogP contribution in [0.3, 0.4) is 0 Å². The van der Waals surface area contributed by atoms with Crippen LogP contribution in [0, 0.1) is 0 Å². The van der Waals surface area contributed by atoms with Crippen LogP contribution in [0.2, 0.25) is 0 Å². The molecule has 0 aromatic heterocycles. The quantitative estimate of drug-likeness (QED) is 0.776. The van der Waals surface area contributed by atoms with Gasteiger partial charge >= 0.3 is 0 Å². The van der Waals surface area contributed by atoms with Crippen molar-refractivity contribution in [2.75, 3.05) is 13.3 Å². The summed E-state index contributed by atoms with van der Waals surface area (Å²) in [5.41, 5.74) is 1.22. The molecule has 0 unspecified atom stereocenters. The molecular weight excluding hydrogens is 294 g/mol. The molecule has 1 aliphatic rings. The molecule has 0 atom stereocenters. The van der Waals surface area contributed by atoms with E-state index < -0.39 is 0 Å². The summed E-state index contributed by atoms with van der Waals surface area (Å²) >= 11 is 3.51. The summed E-state index contributed by atoms with van der Waals surface area (Å²) in [5.74, 6) is 1.66. The molecule has 0 saturated carbocycles. The van der Waals surface area contributed by atoms with Crippen molar-refractivity contribution in [1.82, 2.24) is 5.32 Å². The van der Waals surface area contributed by atoms with Crippen molar-refractivity contribution >= 4 is 15.9 Å². The highest BCUT2D eigenvalue weighted by Crippen LogP contribution is 2.39. The van der Waals surface area contributed by atoms with Gasteiger partial charge in [0.15, 0.2) is 11.5 Å². The fraction of sp³-hybridized carbons (Fsp3) is 0.571. The van der Waals surface area contributed by atoms with Crippen LogP contribution in [0.5, 0.6) is 11.5 Å². The van der Waals surface area contributed by atoms with Gasteiger partial charge in [-0.25, -0.2) is 0 Å². The van der Waals surface area contributed by atoms with Crippen molar-refractivity contribution in [3.63, 3.8) is 0 Å². The van der Waals surface area contributed by atoms with E-state index in [0.717, 1.165) is 29.1 Å². The lowest BCUT2D eigenvalue weighted by Gasteiger charge is -2.07. The van der Waals surface area contributed by atoms with Crippen molar-refractivity contribution in [3.05, 3.63) is 22.2 Å². The molecule has 18 heavy (non-hydrogen) atoms. The van der Waals surface area contributed by atoms with Gasteiger partial charge in [0.1, 0.15) is 0 Å². The van der Waals surface area contributed by atoms with Crippen LogP contribution >= 0.6 is 15.9 Å². The Morgan fingerprint density at radius 1 is 1.22 bits per heavy atom. The highest BCUT2D eigenvalue weighted by atomic mass is 79.9. The number of halogens is 1. The van der Waals surface area contributed by atoms with Gasteiger partial charge in [0, 0.05) is 6.54 Å². The maximum atomic E-state index is 5.40. The summed E-state index contributed by atoms with van der Waals surface area (Å²) in [5, 5.41) is 3.46. The number of ether oxygens (including phenoxy) is 2. The molecule has 4 heteroatoms. The number of fused-ring (bicyclic) bond motifs is 1. The SMILES string of the molecule is CCCCCCNCc1cc(Br)c2c(c1)OCO2. The van der Waals surface area contributed by atoms with E-state index in [1.807, 2.05) is 6.07 Å². The Morgan fingerprint density at radius 2 is 2.11 bits per heavy atom. The average molecular weight is 314 g/mol. The minimum Gasteiger partial charge on any atom is -0.454 e. The number of unbranched alkanes of at least 4 members (excludes halogenated alkanes) is 3. The number of nitrogens with one attached hydrogen (secondary N) is 1. The van der Waals surface area contributed by atoms with Crippen molar-refractivity contribution < 1.29 is 9.47 Å². The third-order valence-corrected chi connectivity index (χ3v) is 3.61. The molecule has 1 N–H and O–H groups in total. The van der Waals surface area contributed by atoms with Gasteiger partial charge in [-0.3, -0.25) is 0 Å². The molecule has 2 rings (SSSR count). The second-order valence-electron chi connectivity index (χ2n) is 4.55. The lowest BCUT2D eigenvalue weighted by atomic mass is 10.2. The molecule has 0 bridgehead atoms. The lowest BCUT2D eigenvalue weighted by Crippen LogP contribution is -2.14. The fourth-order valence-electron chi connectivity index (χ4n) is 2.03. The van der Waals surface area contributed by atoms with Crippen LogP contribution in [0.1, 0.15) is 38.2 Å². The molecule has 1 heterocycles. The largest absolute Gasteiger partial charge is 0.454 e. The Hall–Kier alpha value is -0.740. The van der Waals surface area contributed by atoms with E-state index in [1.165, 1.54) is 31.2 Å². The van der Waals surface area contributed by atoms with Gasteiger partial charge in [0.05, 0.1) is 4.47 Å². The Labute approximate surface area is 117 Å². The monoisotopic (exact) mass is 313 g/mol. The van der Waals surface area contributed by atoms with Crippen LogP contribution in [-0.2, 0) is 6.54 Å². The number of rotatable bonds is 7.